The molecule has 0 aliphatic heterocycles. The molecule has 0 aromatic carbocycles. The Morgan fingerprint density at radius 1 is 1.78 bits per heavy atom. The van der Waals surface area contributed by atoms with Gasteiger partial charge in [-0.15, -0.1) is 0 Å². The summed E-state index contributed by atoms with van der Waals surface area (Å²) >= 11 is 0. The monoisotopic (exact) mass is 254 g/mol. The molecule has 1 aromatic rings. The van der Waals surface area contributed by atoms with E-state index in [2.05, 4.69) is 10.1 Å². The fourth-order valence-electron chi connectivity index (χ4n) is 1.13. The number of ether oxygens (including phenoxy) is 1. The Balaban J connectivity index is 3.16. The second kappa shape index (κ2) is 5.80. The lowest BCUT2D eigenvalue weighted by molar-refractivity contribution is -0.386. The van der Waals surface area contributed by atoms with Crippen molar-refractivity contribution in [2.45, 2.75) is 26.4 Å². The van der Waals surface area contributed by atoms with Gasteiger partial charge in [-0.2, -0.15) is 0 Å². The smallest absolute Gasteiger partial charge is 0.331 e. The third kappa shape index (κ3) is 3.06. The molecule has 0 bridgehead atoms. The number of nitrogens with zero attached hydrogens (tertiary/aromatic N) is 3. The number of pyridine rings is 1. The Bertz CT molecular complexity index is 475. The van der Waals surface area contributed by atoms with Crippen LogP contribution < -0.4 is 10.5 Å². The summed E-state index contributed by atoms with van der Waals surface area (Å²) in [6.07, 6.45) is 1.76. The highest BCUT2D eigenvalue weighted by molar-refractivity contribution is 5.97. The van der Waals surface area contributed by atoms with Gasteiger partial charge in [-0.1, -0.05) is 12.1 Å². The van der Waals surface area contributed by atoms with Crippen LogP contribution in [0.25, 0.3) is 0 Å². The van der Waals surface area contributed by atoms with Crippen LogP contribution in [-0.2, 0) is 0 Å². The number of nitro groups is 1. The Hall–Kier alpha value is -2.38. The van der Waals surface area contributed by atoms with E-state index in [4.69, 9.17) is 15.7 Å². The van der Waals surface area contributed by atoms with E-state index in [1.807, 2.05) is 6.92 Å². The van der Waals surface area contributed by atoms with Gasteiger partial charge in [0.25, 0.3) is 5.88 Å². The molecule has 0 amide bonds. The Kier molecular flexibility index (Phi) is 4.41. The molecule has 8 nitrogen and oxygen atoms in total. The zero-order valence-electron chi connectivity index (χ0n) is 10.0. The first-order valence-corrected chi connectivity index (χ1v) is 5.28. The molecule has 1 unspecified atom stereocenters. The second-order valence-electron chi connectivity index (χ2n) is 3.63. The number of amidine groups is 1. The Labute approximate surface area is 103 Å². The minimum absolute atomic E-state index is 0.0798. The fraction of sp³-hybridized carbons (Fsp3) is 0.400. The standard InChI is InChI=1S/C10H14N4O4/c1-3-6(2)18-10-8(14(16)17)4-7(5-12-10)9(11)13-15/h4-6,15H,3H2,1-2H3,(H2,11,13). The van der Waals surface area contributed by atoms with Crippen molar-refractivity contribution in [1.29, 1.82) is 0 Å². The molecule has 0 aliphatic rings. The molecule has 1 heterocycles. The summed E-state index contributed by atoms with van der Waals surface area (Å²) in [5, 5.41) is 22.2. The van der Waals surface area contributed by atoms with Crippen molar-refractivity contribution in [2.24, 2.45) is 10.9 Å². The van der Waals surface area contributed by atoms with Crippen LogP contribution in [0, 0.1) is 10.1 Å². The number of nitrogens with two attached hydrogens (primary N) is 1. The van der Waals surface area contributed by atoms with E-state index in [0.29, 0.717) is 6.42 Å². The molecular weight excluding hydrogens is 240 g/mol. The maximum absolute atomic E-state index is 10.9. The topological polar surface area (TPSA) is 124 Å². The number of hydrogen-bond donors (Lipinski definition) is 2. The van der Waals surface area contributed by atoms with Crippen molar-refractivity contribution in [1.82, 2.24) is 4.98 Å². The summed E-state index contributed by atoms with van der Waals surface area (Å²) < 4.78 is 5.33. The van der Waals surface area contributed by atoms with Crippen molar-refractivity contribution in [3.63, 3.8) is 0 Å². The number of hydrogen-bond acceptors (Lipinski definition) is 6. The molecule has 1 aromatic heterocycles. The highest BCUT2D eigenvalue weighted by Crippen LogP contribution is 2.26. The van der Waals surface area contributed by atoms with Gasteiger partial charge in [0.15, 0.2) is 5.84 Å². The van der Waals surface area contributed by atoms with Gasteiger partial charge in [-0.05, 0) is 13.3 Å². The van der Waals surface area contributed by atoms with E-state index in [0.717, 1.165) is 6.07 Å². The molecule has 98 valence electrons. The van der Waals surface area contributed by atoms with Gasteiger partial charge in [-0.3, -0.25) is 10.1 Å². The fourth-order valence-corrected chi connectivity index (χ4v) is 1.13. The molecule has 8 heteroatoms. The molecule has 18 heavy (non-hydrogen) atoms. The number of oxime groups is 1. The maximum Gasteiger partial charge on any atom is 0.331 e. The van der Waals surface area contributed by atoms with Gasteiger partial charge in [0.2, 0.25) is 0 Å². The average Bonchev–Trinajstić information content (AvgIpc) is 2.37. The van der Waals surface area contributed by atoms with Crippen molar-refractivity contribution in [2.75, 3.05) is 0 Å². The highest BCUT2D eigenvalue weighted by atomic mass is 16.6. The molecule has 3 N–H and O–H groups in total. The van der Waals surface area contributed by atoms with E-state index >= 15 is 0 Å². The van der Waals surface area contributed by atoms with Crippen molar-refractivity contribution in [3.8, 4) is 5.88 Å². The lowest BCUT2D eigenvalue weighted by Gasteiger charge is -2.11. The van der Waals surface area contributed by atoms with E-state index in [-0.39, 0.29) is 29.1 Å². The molecule has 0 radical (unpaired) electrons. The second-order valence-corrected chi connectivity index (χ2v) is 3.63. The first-order valence-electron chi connectivity index (χ1n) is 5.28. The minimum atomic E-state index is -0.626. The predicted octanol–water partition coefficient (Wildman–Crippen LogP) is 1.26. The summed E-state index contributed by atoms with van der Waals surface area (Å²) in [6.45, 7) is 3.67. The van der Waals surface area contributed by atoms with Crippen LogP contribution >= 0.6 is 0 Å². The normalized spacial score (nSPS) is 13.1. The molecule has 0 saturated carbocycles. The van der Waals surface area contributed by atoms with Crippen LogP contribution in [0.15, 0.2) is 17.4 Å². The molecule has 0 fully saturated rings. The summed E-state index contributed by atoms with van der Waals surface area (Å²) in [5.74, 6) is -0.329. The Morgan fingerprint density at radius 3 is 2.94 bits per heavy atom. The van der Waals surface area contributed by atoms with E-state index in [1.54, 1.807) is 6.92 Å². The summed E-state index contributed by atoms with van der Waals surface area (Å²) in [4.78, 5) is 14.1. The van der Waals surface area contributed by atoms with Crippen LogP contribution in [0.2, 0.25) is 0 Å². The van der Waals surface area contributed by atoms with Gasteiger partial charge in [0.05, 0.1) is 11.0 Å². The van der Waals surface area contributed by atoms with E-state index in [1.165, 1.54) is 6.20 Å². The highest BCUT2D eigenvalue weighted by Gasteiger charge is 2.20. The first kappa shape index (κ1) is 13.7. The lowest BCUT2D eigenvalue weighted by Crippen LogP contribution is -2.16. The largest absolute Gasteiger partial charge is 0.470 e. The van der Waals surface area contributed by atoms with E-state index < -0.39 is 4.92 Å². The van der Waals surface area contributed by atoms with Crippen LogP contribution in [0.1, 0.15) is 25.8 Å². The maximum atomic E-state index is 10.9. The number of rotatable bonds is 5. The van der Waals surface area contributed by atoms with Gasteiger partial charge in [0, 0.05) is 17.8 Å². The molecule has 1 atom stereocenters. The summed E-state index contributed by atoms with van der Waals surface area (Å²) in [5.41, 5.74) is 5.17. The van der Waals surface area contributed by atoms with Crippen LogP contribution in [0.4, 0.5) is 5.69 Å². The van der Waals surface area contributed by atoms with Crippen LogP contribution in [0.3, 0.4) is 0 Å². The first-order chi connectivity index (χ1) is 8.49. The van der Waals surface area contributed by atoms with Crippen molar-refractivity contribution in [3.05, 3.63) is 27.9 Å². The van der Waals surface area contributed by atoms with Crippen molar-refractivity contribution < 1.29 is 14.9 Å². The SMILES string of the molecule is CCC(C)Oc1ncc(C(N)=NO)cc1[N+](=O)[O-]. The van der Waals surface area contributed by atoms with E-state index in [9.17, 15) is 10.1 Å². The Morgan fingerprint density at radius 2 is 2.44 bits per heavy atom. The molecular formula is C10H14N4O4. The van der Waals surface area contributed by atoms with Crippen molar-refractivity contribution >= 4 is 11.5 Å². The van der Waals surface area contributed by atoms with Crippen LogP contribution in [-0.4, -0.2) is 27.1 Å². The molecule has 0 saturated heterocycles. The number of aromatic nitrogens is 1. The third-order valence-electron chi connectivity index (χ3n) is 2.32. The van der Waals surface area contributed by atoms with Gasteiger partial charge in [-0.25, -0.2) is 4.98 Å². The molecule has 0 spiro atoms. The summed E-state index contributed by atoms with van der Waals surface area (Å²) in [7, 11) is 0. The summed E-state index contributed by atoms with van der Waals surface area (Å²) in [6, 6.07) is 1.15. The average molecular weight is 254 g/mol. The predicted molar refractivity (Wildman–Crippen MR) is 63.8 cm³/mol. The lowest BCUT2D eigenvalue weighted by atomic mass is 10.2. The zero-order valence-corrected chi connectivity index (χ0v) is 10.0. The van der Waals surface area contributed by atoms with Crippen LogP contribution in [0.5, 0.6) is 5.88 Å². The molecule has 0 aliphatic carbocycles. The quantitative estimate of drug-likeness (QED) is 0.268. The zero-order chi connectivity index (χ0) is 13.7. The van der Waals surface area contributed by atoms with Gasteiger partial charge < -0.3 is 15.7 Å². The van der Waals surface area contributed by atoms with Gasteiger partial charge in [0.1, 0.15) is 0 Å². The minimum Gasteiger partial charge on any atom is -0.470 e. The van der Waals surface area contributed by atoms with Gasteiger partial charge >= 0.3 is 5.69 Å². The third-order valence-corrected chi connectivity index (χ3v) is 2.32. The molecule has 1 rings (SSSR count).